The van der Waals surface area contributed by atoms with Crippen LogP contribution in [0.1, 0.15) is 21.6 Å². The van der Waals surface area contributed by atoms with E-state index in [-0.39, 0.29) is 23.5 Å². The van der Waals surface area contributed by atoms with Crippen LogP contribution in [-0.2, 0) is 12.7 Å². The Morgan fingerprint density at radius 1 is 1.24 bits per heavy atom. The second kappa shape index (κ2) is 6.08. The van der Waals surface area contributed by atoms with Gasteiger partial charge in [-0.2, -0.15) is 13.2 Å². The zero-order valence-electron chi connectivity index (χ0n) is 12.5. The maximum atomic E-state index is 13.3. The summed E-state index contributed by atoms with van der Waals surface area (Å²) in [5, 5.41) is 12.2. The number of carbonyl (C=O) groups is 1. The number of anilines is 1. The Balaban J connectivity index is 1.91. The van der Waals surface area contributed by atoms with E-state index in [4.69, 9.17) is 0 Å². The molecule has 2 heterocycles. The molecule has 2 N–H and O–H groups in total. The Hall–Kier alpha value is -3.10. The van der Waals surface area contributed by atoms with Gasteiger partial charge in [0, 0.05) is 18.9 Å². The van der Waals surface area contributed by atoms with E-state index in [9.17, 15) is 27.5 Å². The second-order valence-electron chi connectivity index (χ2n) is 5.22. The van der Waals surface area contributed by atoms with Gasteiger partial charge in [-0.15, -0.1) is 0 Å². The summed E-state index contributed by atoms with van der Waals surface area (Å²) in [5.74, 6) is -2.58. The molecular formula is C16H11F4N3O2. The van der Waals surface area contributed by atoms with Crippen molar-refractivity contribution in [3.05, 3.63) is 65.4 Å². The lowest BCUT2D eigenvalue weighted by Gasteiger charge is -2.13. The van der Waals surface area contributed by atoms with Gasteiger partial charge in [-0.25, -0.2) is 14.2 Å². The van der Waals surface area contributed by atoms with Crippen LogP contribution in [0.25, 0.3) is 5.65 Å². The van der Waals surface area contributed by atoms with Gasteiger partial charge in [-0.05, 0) is 29.8 Å². The van der Waals surface area contributed by atoms with E-state index in [1.807, 2.05) is 0 Å². The van der Waals surface area contributed by atoms with Gasteiger partial charge in [0.1, 0.15) is 11.5 Å². The fourth-order valence-corrected chi connectivity index (χ4v) is 2.45. The molecule has 0 radical (unpaired) electrons. The van der Waals surface area contributed by atoms with E-state index in [1.54, 1.807) is 6.07 Å². The lowest BCUT2D eigenvalue weighted by molar-refractivity contribution is -0.140. The van der Waals surface area contributed by atoms with Gasteiger partial charge in [0.15, 0.2) is 5.69 Å². The highest BCUT2D eigenvalue weighted by atomic mass is 19.4. The molecule has 0 saturated heterocycles. The van der Waals surface area contributed by atoms with Crippen molar-refractivity contribution in [2.45, 2.75) is 12.7 Å². The number of carboxylic acids is 1. The van der Waals surface area contributed by atoms with E-state index >= 15 is 0 Å². The summed E-state index contributed by atoms with van der Waals surface area (Å²) in [6.07, 6.45) is -1.91. The molecule has 0 unspecified atom stereocenters. The number of nitrogens with zero attached hydrogens (tertiary/aromatic N) is 2. The number of aromatic carboxylic acids is 1. The van der Waals surface area contributed by atoms with Gasteiger partial charge in [-0.3, -0.25) is 4.40 Å². The third kappa shape index (κ3) is 3.25. The zero-order chi connectivity index (χ0) is 18.2. The minimum absolute atomic E-state index is 0.104. The van der Waals surface area contributed by atoms with Crippen molar-refractivity contribution in [1.82, 2.24) is 9.38 Å². The van der Waals surface area contributed by atoms with E-state index < -0.39 is 23.5 Å². The topological polar surface area (TPSA) is 66.6 Å². The number of halogens is 4. The molecule has 0 aliphatic carbocycles. The normalized spacial score (nSPS) is 11.7. The van der Waals surface area contributed by atoms with Gasteiger partial charge >= 0.3 is 12.1 Å². The Morgan fingerprint density at radius 3 is 2.68 bits per heavy atom. The molecule has 25 heavy (non-hydrogen) atoms. The Labute approximate surface area is 138 Å². The van der Waals surface area contributed by atoms with Crippen LogP contribution in [0, 0.1) is 5.82 Å². The molecule has 0 amide bonds. The summed E-state index contributed by atoms with van der Waals surface area (Å²) in [6, 6.07) is 5.67. The van der Waals surface area contributed by atoms with Crippen LogP contribution in [0.4, 0.5) is 23.2 Å². The van der Waals surface area contributed by atoms with Crippen molar-refractivity contribution in [2.75, 3.05) is 5.32 Å². The summed E-state index contributed by atoms with van der Waals surface area (Å²) in [4.78, 5) is 15.5. The molecule has 2 aromatic heterocycles. The Morgan fingerprint density at radius 2 is 2.00 bits per heavy atom. The predicted octanol–water partition coefficient (Wildman–Crippen LogP) is 3.80. The van der Waals surface area contributed by atoms with Crippen LogP contribution in [0.5, 0.6) is 0 Å². The van der Waals surface area contributed by atoms with Gasteiger partial charge < -0.3 is 10.4 Å². The van der Waals surface area contributed by atoms with Gasteiger partial charge in [0.2, 0.25) is 0 Å². The number of hydrogen-bond acceptors (Lipinski definition) is 3. The molecule has 0 fully saturated rings. The van der Waals surface area contributed by atoms with Gasteiger partial charge in [-0.1, -0.05) is 6.07 Å². The third-order valence-corrected chi connectivity index (χ3v) is 3.59. The van der Waals surface area contributed by atoms with Crippen LogP contribution in [0.3, 0.4) is 0 Å². The molecule has 0 aliphatic rings. The average Bonchev–Trinajstić information content (AvgIpc) is 3.00. The highest BCUT2D eigenvalue weighted by Crippen LogP contribution is 2.32. The molecule has 0 bridgehead atoms. The van der Waals surface area contributed by atoms with Gasteiger partial charge in [0.25, 0.3) is 0 Å². The van der Waals surface area contributed by atoms with Gasteiger partial charge in [0.05, 0.1) is 11.3 Å². The molecule has 5 nitrogen and oxygen atoms in total. The summed E-state index contributed by atoms with van der Waals surface area (Å²) in [6.45, 7) is -0.107. The fourth-order valence-electron chi connectivity index (χ4n) is 2.45. The number of alkyl halides is 3. The van der Waals surface area contributed by atoms with E-state index in [1.165, 1.54) is 28.9 Å². The number of nitrogens with one attached hydrogen (secondary N) is 1. The first-order valence-corrected chi connectivity index (χ1v) is 7.06. The fraction of sp³-hybridized carbons (Fsp3) is 0.125. The smallest absolute Gasteiger partial charge is 0.419 e. The van der Waals surface area contributed by atoms with E-state index in [0.717, 1.165) is 6.07 Å². The molecule has 1 aromatic carbocycles. The molecule has 3 aromatic rings. The Kier molecular flexibility index (Phi) is 4.07. The first-order valence-electron chi connectivity index (χ1n) is 7.06. The lowest BCUT2D eigenvalue weighted by atomic mass is 10.1. The quantitative estimate of drug-likeness (QED) is 0.700. The molecular weight excluding hydrogens is 342 g/mol. The lowest BCUT2D eigenvalue weighted by Crippen LogP contribution is -2.12. The van der Waals surface area contributed by atoms with E-state index in [0.29, 0.717) is 11.7 Å². The number of rotatable bonds is 4. The maximum Gasteiger partial charge on any atom is 0.419 e. The average molecular weight is 353 g/mol. The van der Waals surface area contributed by atoms with Crippen LogP contribution < -0.4 is 5.32 Å². The minimum Gasteiger partial charge on any atom is -0.476 e. The summed E-state index contributed by atoms with van der Waals surface area (Å²) >= 11 is 0. The summed E-state index contributed by atoms with van der Waals surface area (Å²) in [5.41, 5.74) is -0.681. The Bertz CT molecular complexity index is 950. The third-order valence-electron chi connectivity index (χ3n) is 3.59. The molecule has 0 atom stereocenters. The maximum absolute atomic E-state index is 13.3. The minimum atomic E-state index is -4.80. The molecule has 0 aliphatic heterocycles. The number of hydrogen-bond donors (Lipinski definition) is 2. The molecule has 0 saturated carbocycles. The van der Waals surface area contributed by atoms with Crippen molar-refractivity contribution in [3.8, 4) is 0 Å². The van der Waals surface area contributed by atoms with Crippen molar-refractivity contribution < 1.29 is 27.5 Å². The number of carboxylic acid groups (broad SMARTS) is 1. The second-order valence-corrected chi connectivity index (χ2v) is 5.22. The first-order chi connectivity index (χ1) is 11.8. The van der Waals surface area contributed by atoms with Crippen molar-refractivity contribution in [1.29, 1.82) is 0 Å². The van der Waals surface area contributed by atoms with Crippen LogP contribution >= 0.6 is 0 Å². The SMILES string of the molecule is O=C(O)c1c(NCc2ccc(F)c(C(F)(F)F)c2)ccc2nccn12. The number of fused-ring (bicyclic) bond motifs is 1. The van der Waals surface area contributed by atoms with Crippen molar-refractivity contribution in [2.24, 2.45) is 0 Å². The number of imidazole rings is 1. The van der Waals surface area contributed by atoms with Crippen molar-refractivity contribution in [3.63, 3.8) is 0 Å². The van der Waals surface area contributed by atoms with Crippen LogP contribution in [0.2, 0.25) is 0 Å². The monoisotopic (exact) mass is 353 g/mol. The number of aromatic nitrogens is 2. The molecule has 9 heteroatoms. The summed E-state index contributed by atoms with van der Waals surface area (Å²) < 4.78 is 52.9. The van der Waals surface area contributed by atoms with E-state index in [2.05, 4.69) is 10.3 Å². The highest BCUT2D eigenvalue weighted by molar-refractivity contribution is 5.93. The zero-order valence-corrected chi connectivity index (χ0v) is 12.5. The predicted molar refractivity (Wildman–Crippen MR) is 80.9 cm³/mol. The standard InChI is InChI=1S/C16H11F4N3O2/c17-11-2-1-9(7-10(11)16(18,19)20)8-22-12-3-4-13-21-5-6-23(13)14(12)15(24)25/h1-7,22H,8H2,(H,24,25). The molecule has 3 rings (SSSR count). The van der Waals surface area contributed by atoms with Crippen LogP contribution in [-0.4, -0.2) is 20.5 Å². The van der Waals surface area contributed by atoms with Crippen molar-refractivity contribution >= 4 is 17.3 Å². The first kappa shape index (κ1) is 16.7. The summed E-state index contributed by atoms with van der Waals surface area (Å²) in [7, 11) is 0. The number of pyridine rings is 1. The number of benzene rings is 1. The largest absolute Gasteiger partial charge is 0.476 e. The molecule has 0 spiro atoms. The molecule has 130 valence electrons. The van der Waals surface area contributed by atoms with Crippen LogP contribution in [0.15, 0.2) is 42.7 Å². The highest BCUT2D eigenvalue weighted by Gasteiger charge is 2.34.